The van der Waals surface area contributed by atoms with Gasteiger partial charge in [-0.1, -0.05) is 5.16 Å². The van der Waals surface area contributed by atoms with Gasteiger partial charge in [-0.25, -0.2) is 0 Å². The minimum atomic E-state index is 0.202. The summed E-state index contributed by atoms with van der Waals surface area (Å²) in [7, 11) is 0. The lowest BCUT2D eigenvalue weighted by Gasteiger charge is -2.32. The van der Waals surface area contributed by atoms with Crippen LogP contribution in [0.3, 0.4) is 0 Å². The number of nitrogens with zero attached hydrogens (tertiary/aromatic N) is 4. The molecule has 1 aliphatic heterocycles. The molecule has 0 spiro atoms. The topological polar surface area (TPSA) is 84.2 Å². The Morgan fingerprint density at radius 2 is 2.00 bits per heavy atom. The normalized spacial score (nSPS) is 15.4. The fourth-order valence-electron chi connectivity index (χ4n) is 3.21. The van der Waals surface area contributed by atoms with Gasteiger partial charge >= 0.3 is 0 Å². The lowest BCUT2D eigenvalue weighted by atomic mass is 10.0. The van der Waals surface area contributed by atoms with Gasteiger partial charge in [0.25, 0.3) is 0 Å². The number of amides is 1. The number of likely N-dealkylation sites (tertiary alicyclic amines) is 1. The number of carbonyl (C=O) groups excluding carboxylic acids is 1. The third-order valence-corrected chi connectivity index (χ3v) is 4.77. The van der Waals surface area contributed by atoms with Crippen LogP contribution in [0.2, 0.25) is 0 Å². The third kappa shape index (κ3) is 4.35. The molecule has 1 aliphatic rings. The summed E-state index contributed by atoms with van der Waals surface area (Å²) in [6, 6.07) is 4.23. The van der Waals surface area contributed by atoms with E-state index in [0.717, 1.165) is 54.5 Å². The van der Waals surface area contributed by atoms with Crippen molar-refractivity contribution in [2.45, 2.75) is 52.5 Å². The van der Waals surface area contributed by atoms with Gasteiger partial charge in [-0.3, -0.25) is 4.79 Å². The first-order chi connectivity index (χ1) is 12.0. The highest BCUT2D eigenvalue weighted by Crippen LogP contribution is 2.18. The molecule has 1 fully saturated rings. The average molecular weight is 343 g/mol. The maximum atomic E-state index is 12.5. The van der Waals surface area contributed by atoms with E-state index in [1.165, 1.54) is 0 Å². The predicted octanol–water partition coefficient (Wildman–Crippen LogP) is 2.43. The highest BCUT2D eigenvalue weighted by Gasteiger charge is 2.23. The summed E-state index contributed by atoms with van der Waals surface area (Å²) in [5.41, 5.74) is 2.85. The molecule has 0 bridgehead atoms. The highest BCUT2D eigenvalue weighted by molar-refractivity contribution is 5.76. The van der Waals surface area contributed by atoms with Gasteiger partial charge in [-0.2, -0.15) is 5.10 Å². The first-order valence-corrected chi connectivity index (χ1v) is 8.79. The molecule has 25 heavy (non-hydrogen) atoms. The Bertz CT molecular complexity index is 698. The predicted molar refractivity (Wildman–Crippen MR) is 94.3 cm³/mol. The van der Waals surface area contributed by atoms with E-state index in [-0.39, 0.29) is 5.91 Å². The summed E-state index contributed by atoms with van der Waals surface area (Å²) >= 11 is 0. The van der Waals surface area contributed by atoms with Gasteiger partial charge in [0, 0.05) is 31.1 Å². The zero-order chi connectivity index (χ0) is 17.8. The SMILES string of the molecule is Cc1ccc(NC2CCN(C(=O)CCc3c(C)noc3C)CC2)nn1. The number of nitrogens with one attached hydrogen (secondary N) is 1. The van der Waals surface area contributed by atoms with Crippen LogP contribution in [0.15, 0.2) is 16.7 Å². The summed E-state index contributed by atoms with van der Waals surface area (Å²) in [6.45, 7) is 7.28. The Morgan fingerprint density at radius 3 is 2.60 bits per heavy atom. The molecule has 2 aromatic rings. The van der Waals surface area contributed by atoms with Crippen molar-refractivity contribution in [1.82, 2.24) is 20.3 Å². The number of carbonyl (C=O) groups is 1. The van der Waals surface area contributed by atoms with Crippen molar-refractivity contribution in [2.75, 3.05) is 18.4 Å². The minimum absolute atomic E-state index is 0.202. The summed E-state index contributed by atoms with van der Waals surface area (Å²) in [4.78, 5) is 14.4. The first-order valence-electron chi connectivity index (χ1n) is 8.79. The van der Waals surface area contributed by atoms with Crippen LogP contribution in [0.25, 0.3) is 0 Å². The van der Waals surface area contributed by atoms with Crippen LogP contribution in [-0.4, -0.2) is 45.3 Å². The van der Waals surface area contributed by atoms with Crippen molar-refractivity contribution in [3.63, 3.8) is 0 Å². The van der Waals surface area contributed by atoms with Crippen molar-refractivity contribution in [1.29, 1.82) is 0 Å². The largest absolute Gasteiger partial charge is 0.366 e. The van der Waals surface area contributed by atoms with Crippen LogP contribution in [0.4, 0.5) is 5.82 Å². The van der Waals surface area contributed by atoms with Gasteiger partial charge in [0.15, 0.2) is 0 Å². The van der Waals surface area contributed by atoms with E-state index in [1.807, 2.05) is 37.8 Å². The molecule has 1 N–H and O–H groups in total. The van der Waals surface area contributed by atoms with Crippen LogP contribution in [0, 0.1) is 20.8 Å². The Labute approximate surface area is 147 Å². The van der Waals surface area contributed by atoms with Crippen molar-refractivity contribution in [3.8, 4) is 0 Å². The van der Waals surface area contributed by atoms with E-state index in [2.05, 4.69) is 20.7 Å². The smallest absolute Gasteiger partial charge is 0.222 e. The number of aromatic nitrogens is 3. The van der Waals surface area contributed by atoms with E-state index in [4.69, 9.17) is 4.52 Å². The molecule has 0 aromatic carbocycles. The van der Waals surface area contributed by atoms with E-state index in [9.17, 15) is 4.79 Å². The first kappa shape index (κ1) is 17.4. The molecular formula is C18H25N5O2. The maximum Gasteiger partial charge on any atom is 0.222 e. The maximum absolute atomic E-state index is 12.5. The average Bonchev–Trinajstić information content (AvgIpc) is 2.93. The van der Waals surface area contributed by atoms with Crippen molar-refractivity contribution >= 4 is 11.7 Å². The number of rotatable bonds is 5. The number of piperidine rings is 1. The molecule has 3 rings (SSSR count). The fourth-order valence-corrected chi connectivity index (χ4v) is 3.21. The summed E-state index contributed by atoms with van der Waals surface area (Å²) in [5.74, 6) is 1.81. The number of anilines is 1. The second kappa shape index (κ2) is 7.63. The molecule has 7 nitrogen and oxygen atoms in total. The Kier molecular flexibility index (Phi) is 5.31. The molecule has 7 heteroatoms. The zero-order valence-electron chi connectivity index (χ0n) is 15.1. The van der Waals surface area contributed by atoms with Crippen molar-refractivity contribution in [3.05, 3.63) is 34.8 Å². The zero-order valence-corrected chi connectivity index (χ0v) is 15.1. The summed E-state index contributed by atoms with van der Waals surface area (Å²) < 4.78 is 5.16. The Morgan fingerprint density at radius 1 is 1.24 bits per heavy atom. The van der Waals surface area contributed by atoms with E-state index >= 15 is 0 Å². The highest BCUT2D eigenvalue weighted by atomic mass is 16.5. The molecule has 0 atom stereocenters. The number of hydrogen-bond acceptors (Lipinski definition) is 6. The fraction of sp³-hybridized carbons (Fsp3) is 0.556. The second-order valence-electron chi connectivity index (χ2n) is 6.66. The molecule has 1 amide bonds. The van der Waals surface area contributed by atoms with Gasteiger partial charge in [-0.15, -0.1) is 5.10 Å². The third-order valence-electron chi connectivity index (χ3n) is 4.77. The molecule has 0 unspecified atom stereocenters. The van der Waals surface area contributed by atoms with Crippen LogP contribution < -0.4 is 5.32 Å². The molecule has 1 saturated heterocycles. The Hall–Kier alpha value is -2.44. The molecule has 3 heterocycles. The number of aryl methyl sites for hydroxylation is 3. The van der Waals surface area contributed by atoms with Crippen LogP contribution >= 0.6 is 0 Å². The second-order valence-corrected chi connectivity index (χ2v) is 6.66. The molecule has 0 radical (unpaired) electrons. The van der Waals surface area contributed by atoms with Gasteiger partial charge < -0.3 is 14.7 Å². The van der Waals surface area contributed by atoms with Gasteiger partial charge in [0.05, 0.1) is 11.4 Å². The molecule has 0 saturated carbocycles. The molecule has 2 aromatic heterocycles. The van der Waals surface area contributed by atoms with Crippen molar-refractivity contribution < 1.29 is 9.32 Å². The van der Waals surface area contributed by atoms with Crippen LogP contribution in [0.5, 0.6) is 0 Å². The summed E-state index contributed by atoms with van der Waals surface area (Å²) in [5, 5.41) is 15.6. The van der Waals surface area contributed by atoms with Gasteiger partial charge in [-0.05, 0) is 52.2 Å². The monoisotopic (exact) mass is 343 g/mol. The van der Waals surface area contributed by atoms with Crippen LogP contribution in [0.1, 0.15) is 42.0 Å². The van der Waals surface area contributed by atoms with E-state index in [1.54, 1.807) is 0 Å². The van der Waals surface area contributed by atoms with Gasteiger partial charge in [0.2, 0.25) is 5.91 Å². The Balaban J connectivity index is 1.45. The quantitative estimate of drug-likeness (QED) is 0.897. The minimum Gasteiger partial charge on any atom is -0.366 e. The standard InChI is InChI=1S/C18H25N5O2/c1-12-4-6-17(21-20-12)19-15-8-10-23(11-9-15)18(24)7-5-16-13(2)22-25-14(16)3/h4,6,15H,5,7-11H2,1-3H3,(H,19,21). The van der Waals surface area contributed by atoms with Crippen molar-refractivity contribution in [2.24, 2.45) is 0 Å². The lowest BCUT2D eigenvalue weighted by Crippen LogP contribution is -2.42. The lowest BCUT2D eigenvalue weighted by molar-refractivity contribution is -0.132. The molecular weight excluding hydrogens is 318 g/mol. The molecule has 134 valence electrons. The van der Waals surface area contributed by atoms with E-state index < -0.39 is 0 Å². The van der Waals surface area contributed by atoms with Crippen LogP contribution in [-0.2, 0) is 11.2 Å². The van der Waals surface area contributed by atoms with E-state index in [0.29, 0.717) is 18.9 Å². The molecule has 0 aliphatic carbocycles. The summed E-state index contributed by atoms with van der Waals surface area (Å²) in [6.07, 6.45) is 3.04. The number of hydrogen-bond donors (Lipinski definition) is 1. The van der Waals surface area contributed by atoms with Gasteiger partial charge in [0.1, 0.15) is 11.6 Å².